The molecule has 5 heteroatoms. The molecule has 2 aromatic heterocycles. The van der Waals surface area contributed by atoms with Gasteiger partial charge >= 0.3 is 5.97 Å². The molecule has 0 radical (unpaired) electrons. The van der Waals surface area contributed by atoms with Crippen LogP contribution in [0.2, 0.25) is 0 Å². The Morgan fingerprint density at radius 2 is 2.40 bits per heavy atom. The lowest BCUT2D eigenvalue weighted by atomic mass is 10.3. The molecule has 0 N–H and O–H groups in total. The van der Waals surface area contributed by atoms with E-state index < -0.39 is 5.97 Å². The van der Waals surface area contributed by atoms with Gasteiger partial charge in [0, 0.05) is 6.20 Å². The van der Waals surface area contributed by atoms with Gasteiger partial charge in [-0.2, -0.15) is 5.10 Å². The van der Waals surface area contributed by atoms with Crippen LogP contribution in [0.5, 0.6) is 0 Å². The van der Waals surface area contributed by atoms with Crippen molar-refractivity contribution in [3.8, 4) is 0 Å². The molecule has 2 heterocycles. The van der Waals surface area contributed by atoms with Gasteiger partial charge in [-0.1, -0.05) is 0 Å². The fourth-order valence-electron chi connectivity index (χ4n) is 1.32. The first-order chi connectivity index (χ1) is 7.22. The van der Waals surface area contributed by atoms with E-state index in [2.05, 4.69) is 10.1 Å². The third kappa shape index (κ3) is 1.68. The maximum atomic E-state index is 11.4. The summed E-state index contributed by atoms with van der Waals surface area (Å²) in [6.07, 6.45) is 3.24. The van der Waals surface area contributed by atoms with Crippen molar-refractivity contribution in [1.29, 1.82) is 0 Å². The molecule has 0 unspecified atom stereocenters. The third-order valence-corrected chi connectivity index (χ3v) is 2.04. The van der Waals surface area contributed by atoms with E-state index in [1.165, 1.54) is 0 Å². The number of hydrogen-bond acceptors (Lipinski definition) is 4. The van der Waals surface area contributed by atoms with Crippen LogP contribution in [0.3, 0.4) is 0 Å². The smallest absolute Gasteiger partial charge is 0.358 e. The molecule has 0 aliphatic carbocycles. The fraction of sp³-hybridized carbons (Fsp3) is 0.300. The van der Waals surface area contributed by atoms with Gasteiger partial charge in [-0.3, -0.25) is 0 Å². The van der Waals surface area contributed by atoms with Crippen LogP contribution >= 0.6 is 0 Å². The van der Waals surface area contributed by atoms with Gasteiger partial charge in [-0.25, -0.2) is 14.3 Å². The Kier molecular flexibility index (Phi) is 2.37. The molecule has 0 aliphatic rings. The molecule has 15 heavy (non-hydrogen) atoms. The van der Waals surface area contributed by atoms with Gasteiger partial charge in [-0.05, 0) is 25.5 Å². The van der Waals surface area contributed by atoms with Crippen LogP contribution in [0.4, 0.5) is 0 Å². The van der Waals surface area contributed by atoms with Gasteiger partial charge in [0.1, 0.15) is 0 Å². The Morgan fingerprint density at radius 3 is 3.07 bits per heavy atom. The van der Waals surface area contributed by atoms with Gasteiger partial charge in [0.25, 0.3) is 0 Å². The highest BCUT2D eigenvalue weighted by molar-refractivity contribution is 5.88. The minimum absolute atomic E-state index is 0.290. The molecular formula is C10H11N3O2. The zero-order valence-electron chi connectivity index (χ0n) is 8.60. The minimum atomic E-state index is -0.414. The van der Waals surface area contributed by atoms with Crippen LogP contribution in [0, 0.1) is 6.92 Å². The second kappa shape index (κ2) is 3.68. The number of ether oxygens (including phenoxy) is 1. The Bertz CT molecular complexity index is 504. The monoisotopic (exact) mass is 205 g/mol. The van der Waals surface area contributed by atoms with E-state index in [9.17, 15) is 4.79 Å². The van der Waals surface area contributed by atoms with Gasteiger partial charge in [-0.15, -0.1) is 0 Å². The summed E-state index contributed by atoms with van der Waals surface area (Å²) in [6.45, 7) is 4.02. The number of esters is 1. The summed E-state index contributed by atoms with van der Waals surface area (Å²) in [5.74, 6) is -0.414. The molecule has 0 saturated heterocycles. The molecule has 0 fully saturated rings. The number of hydrogen-bond donors (Lipinski definition) is 0. The molecule has 2 aromatic rings. The standard InChI is InChI=1S/C10H11N3O2/c1-3-15-10(14)8-6-13-9(12-8)7(2)4-5-11-13/h4-6H,3H2,1-2H3. The average Bonchev–Trinajstić information content (AvgIpc) is 2.63. The Balaban J connectivity index is 2.47. The number of aromatic nitrogens is 3. The lowest BCUT2D eigenvalue weighted by Gasteiger charge is -1.95. The lowest BCUT2D eigenvalue weighted by Crippen LogP contribution is -2.04. The summed E-state index contributed by atoms with van der Waals surface area (Å²) in [5.41, 5.74) is 1.94. The molecule has 78 valence electrons. The molecule has 0 bridgehead atoms. The van der Waals surface area contributed by atoms with Crippen molar-refractivity contribution in [3.05, 3.63) is 29.7 Å². The minimum Gasteiger partial charge on any atom is -0.461 e. The molecule has 0 aliphatic heterocycles. The summed E-state index contributed by atoms with van der Waals surface area (Å²) in [7, 11) is 0. The number of rotatable bonds is 2. The van der Waals surface area contributed by atoms with E-state index in [0.717, 1.165) is 5.56 Å². The normalized spacial score (nSPS) is 10.5. The van der Waals surface area contributed by atoms with E-state index in [1.807, 2.05) is 13.0 Å². The SMILES string of the molecule is CCOC(=O)c1cn2nccc(C)c2n1. The quantitative estimate of drug-likeness (QED) is 0.691. The first-order valence-electron chi connectivity index (χ1n) is 4.70. The second-order valence-corrected chi connectivity index (χ2v) is 3.13. The summed E-state index contributed by atoms with van der Waals surface area (Å²) in [5, 5.41) is 4.05. The largest absolute Gasteiger partial charge is 0.461 e. The maximum absolute atomic E-state index is 11.4. The van der Waals surface area contributed by atoms with E-state index in [-0.39, 0.29) is 0 Å². The number of carbonyl (C=O) groups is 1. The Morgan fingerprint density at radius 1 is 1.60 bits per heavy atom. The predicted molar refractivity (Wildman–Crippen MR) is 53.7 cm³/mol. The molecule has 2 rings (SSSR count). The average molecular weight is 205 g/mol. The Hall–Kier alpha value is -1.91. The highest BCUT2D eigenvalue weighted by Gasteiger charge is 2.12. The zero-order valence-corrected chi connectivity index (χ0v) is 8.60. The van der Waals surface area contributed by atoms with E-state index in [4.69, 9.17) is 4.74 Å². The fourth-order valence-corrected chi connectivity index (χ4v) is 1.32. The van der Waals surface area contributed by atoms with Gasteiger partial charge < -0.3 is 4.74 Å². The van der Waals surface area contributed by atoms with Crippen LogP contribution in [0.15, 0.2) is 18.5 Å². The summed E-state index contributed by atoms with van der Waals surface area (Å²) >= 11 is 0. The zero-order chi connectivity index (χ0) is 10.8. The molecular weight excluding hydrogens is 194 g/mol. The van der Waals surface area contributed by atoms with Crippen molar-refractivity contribution in [3.63, 3.8) is 0 Å². The van der Waals surface area contributed by atoms with Crippen LogP contribution in [-0.4, -0.2) is 27.2 Å². The molecule has 0 amide bonds. The second-order valence-electron chi connectivity index (χ2n) is 3.13. The van der Waals surface area contributed by atoms with Crippen LogP contribution < -0.4 is 0 Å². The molecule has 0 saturated carbocycles. The molecule has 5 nitrogen and oxygen atoms in total. The van der Waals surface area contributed by atoms with Crippen molar-refractivity contribution in [2.75, 3.05) is 6.61 Å². The highest BCUT2D eigenvalue weighted by atomic mass is 16.5. The number of carbonyl (C=O) groups excluding carboxylic acids is 1. The van der Waals surface area contributed by atoms with Crippen molar-refractivity contribution in [2.45, 2.75) is 13.8 Å². The summed E-state index contributed by atoms with van der Waals surface area (Å²) in [4.78, 5) is 15.6. The number of nitrogens with zero attached hydrogens (tertiary/aromatic N) is 3. The van der Waals surface area contributed by atoms with Crippen LogP contribution in [-0.2, 0) is 4.74 Å². The predicted octanol–water partition coefficient (Wildman–Crippen LogP) is 1.21. The molecule has 0 atom stereocenters. The Labute approximate surface area is 86.7 Å². The lowest BCUT2D eigenvalue weighted by molar-refractivity contribution is 0.0520. The molecule has 0 aromatic carbocycles. The van der Waals surface area contributed by atoms with Gasteiger partial charge in [0.05, 0.1) is 12.8 Å². The molecule has 0 spiro atoms. The van der Waals surface area contributed by atoms with E-state index >= 15 is 0 Å². The first-order valence-corrected chi connectivity index (χ1v) is 4.70. The summed E-state index contributed by atoms with van der Waals surface area (Å²) in [6, 6.07) is 1.84. The number of fused-ring (bicyclic) bond motifs is 1. The topological polar surface area (TPSA) is 56.5 Å². The number of aryl methyl sites for hydroxylation is 1. The third-order valence-electron chi connectivity index (χ3n) is 2.04. The van der Waals surface area contributed by atoms with Crippen molar-refractivity contribution in [2.24, 2.45) is 0 Å². The van der Waals surface area contributed by atoms with Crippen molar-refractivity contribution >= 4 is 11.6 Å². The maximum Gasteiger partial charge on any atom is 0.358 e. The van der Waals surface area contributed by atoms with E-state index in [0.29, 0.717) is 17.9 Å². The van der Waals surface area contributed by atoms with E-state index in [1.54, 1.807) is 23.8 Å². The van der Waals surface area contributed by atoms with Crippen LogP contribution in [0.25, 0.3) is 5.65 Å². The van der Waals surface area contributed by atoms with Crippen molar-refractivity contribution in [1.82, 2.24) is 14.6 Å². The van der Waals surface area contributed by atoms with Crippen LogP contribution in [0.1, 0.15) is 23.0 Å². The highest BCUT2D eigenvalue weighted by Crippen LogP contribution is 2.08. The van der Waals surface area contributed by atoms with Gasteiger partial charge in [0.15, 0.2) is 11.3 Å². The first kappa shape index (κ1) is 9.64. The summed E-state index contributed by atoms with van der Waals surface area (Å²) < 4.78 is 6.43. The number of imidazole rings is 1. The van der Waals surface area contributed by atoms with Crippen molar-refractivity contribution < 1.29 is 9.53 Å². The van der Waals surface area contributed by atoms with Gasteiger partial charge in [0.2, 0.25) is 0 Å².